The van der Waals surface area contributed by atoms with Gasteiger partial charge in [0.1, 0.15) is 35.4 Å². The summed E-state index contributed by atoms with van der Waals surface area (Å²) < 4.78 is 11.9. The number of hydrogen-bond donors (Lipinski definition) is 2. The van der Waals surface area contributed by atoms with Gasteiger partial charge >= 0.3 is 5.97 Å². The Balaban J connectivity index is 0.00000272. The van der Waals surface area contributed by atoms with Crippen molar-refractivity contribution < 1.29 is 24.5 Å². The summed E-state index contributed by atoms with van der Waals surface area (Å²) in [5.74, 6) is 0.170. The molecule has 1 saturated heterocycles. The number of benzene rings is 2. The summed E-state index contributed by atoms with van der Waals surface area (Å²) in [6.45, 7) is 4.04. The fourth-order valence-electron chi connectivity index (χ4n) is 4.29. The maximum atomic E-state index is 11.3. The van der Waals surface area contributed by atoms with Crippen LogP contribution in [0.3, 0.4) is 0 Å². The number of carbonyl (C=O) groups is 1. The lowest BCUT2D eigenvalue weighted by atomic mass is 9.87. The average molecular weight is 468 g/mol. The second kappa shape index (κ2) is 9.65. The Morgan fingerprint density at radius 3 is 2.71 bits per heavy atom. The number of halogens is 2. The Bertz CT molecular complexity index is 944. The summed E-state index contributed by atoms with van der Waals surface area (Å²) in [6.07, 6.45) is 1.93. The normalized spacial score (nSPS) is 18.0. The van der Waals surface area contributed by atoms with E-state index in [1.54, 1.807) is 12.1 Å². The number of β-amino-alcohol motifs (C(OH)–C–C–N with tert-alkyl or cyclic N) is 1. The molecule has 1 fully saturated rings. The van der Waals surface area contributed by atoms with Crippen LogP contribution < -0.4 is 9.47 Å². The van der Waals surface area contributed by atoms with E-state index in [0.29, 0.717) is 6.54 Å². The monoisotopic (exact) mass is 467 g/mol. The van der Waals surface area contributed by atoms with Gasteiger partial charge in [-0.3, -0.25) is 0 Å². The molecular weight excluding hydrogens is 441 g/mol. The van der Waals surface area contributed by atoms with Gasteiger partial charge in [-0.1, -0.05) is 17.7 Å². The van der Waals surface area contributed by atoms with Crippen molar-refractivity contribution in [2.75, 3.05) is 26.2 Å². The van der Waals surface area contributed by atoms with Crippen molar-refractivity contribution in [3.8, 4) is 11.5 Å². The predicted molar refractivity (Wildman–Crippen MR) is 121 cm³/mol. The van der Waals surface area contributed by atoms with Crippen molar-refractivity contribution in [2.45, 2.75) is 37.9 Å². The second-order valence-corrected chi connectivity index (χ2v) is 8.72. The van der Waals surface area contributed by atoms with E-state index in [4.69, 9.17) is 21.1 Å². The first-order valence-electron chi connectivity index (χ1n) is 10.2. The number of carboxylic acids is 1. The van der Waals surface area contributed by atoms with Crippen molar-refractivity contribution >= 4 is 30.0 Å². The summed E-state index contributed by atoms with van der Waals surface area (Å²) in [5, 5.41) is 20.5. The van der Waals surface area contributed by atoms with Crippen LogP contribution in [-0.4, -0.2) is 59.0 Å². The molecule has 0 bridgehead atoms. The van der Waals surface area contributed by atoms with Gasteiger partial charge in [0.15, 0.2) is 0 Å². The third-order valence-corrected chi connectivity index (χ3v) is 6.13. The van der Waals surface area contributed by atoms with Crippen LogP contribution >= 0.6 is 24.0 Å². The molecule has 0 aliphatic carbocycles. The van der Waals surface area contributed by atoms with E-state index in [2.05, 4.69) is 4.90 Å². The average Bonchev–Trinajstić information content (AvgIpc) is 3.05. The highest BCUT2D eigenvalue weighted by Crippen LogP contribution is 2.41. The van der Waals surface area contributed by atoms with Crippen LogP contribution in [0.5, 0.6) is 11.5 Å². The molecule has 2 aromatic rings. The Hall–Kier alpha value is -1.99. The molecule has 2 aromatic carbocycles. The zero-order valence-electron chi connectivity index (χ0n) is 17.3. The molecule has 2 N–H and O–H groups in total. The van der Waals surface area contributed by atoms with Gasteiger partial charge in [0, 0.05) is 43.9 Å². The lowest BCUT2D eigenvalue weighted by Gasteiger charge is -2.39. The summed E-state index contributed by atoms with van der Waals surface area (Å²) in [6, 6.07) is 10.7. The van der Waals surface area contributed by atoms with Gasteiger partial charge < -0.3 is 24.6 Å². The quantitative estimate of drug-likeness (QED) is 0.668. The molecule has 8 heteroatoms. The molecule has 31 heavy (non-hydrogen) atoms. The van der Waals surface area contributed by atoms with Gasteiger partial charge in [-0.05, 0) is 48.4 Å². The minimum atomic E-state index is -1.04. The molecule has 0 aromatic heterocycles. The fourth-order valence-corrected chi connectivity index (χ4v) is 4.48. The van der Waals surface area contributed by atoms with Gasteiger partial charge in [0.25, 0.3) is 0 Å². The van der Waals surface area contributed by atoms with Gasteiger partial charge in [0.05, 0.1) is 0 Å². The Morgan fingerprint density at radius 2 is 2.00 bits per heavy atom. The van der Waals surface area contributed by atoms with Gasteiger partial charge in [-0.25, -0.2) is 4.79 Å². The van der Waals surface area contributed by atoms with E-state index >= 15 is 0 Å². The van der Waals surface area contributed by atoms with Crippen molar-refractivity contribution in [3.05, 3.63) is 58.1 Å². The number of nitrogens with zero attached hydrogens (tertiary/aromatic N) is 1. The van der Waals surface area contributed by atoms with E-state index in [1.165, 1.54) is 6.07 Å². The SMILES string of the molecule is Cc1ccc(C(=O)O)c(OC[C@H](O)CN2CCC3(CC2)Cc2cc(Cl)ccc2O3)c1.Cl. The molecule has 0 radical (unpaired) electrons. The minimum absolute atomic E-state index is 0. The summed E-state index contributed by atoms with van der Waals surface area (Å²) in [5.41, 5.74) is 2.00. The molecule has 2 aliphatic heterocycles. The number of rotatable bonds is 6. The molecule has 0 amide bonds. The number of aliphatic hydroxyl groups is 1. The third kappa shape index (κ3) is 5.44. The summed E-state index contributed by atoms with van der Waals surface area (Å²) >= 11 is 6.10. The fraction of sp³-hybridized carbons (Fsp3) is 0.435. The maximum Gasteiger partial charge on any atom is 0.339 e. The zero-order chi connectivity index (χ0) is 21.3. The second-order valence-electron chi connectivity index (χ2n) is 8.28. The van der Waals surface area contributed by atoms with Crippen LogP contribution in [0.4, 0.5) is 0 Å². The maximum absolute atomic E-state index is 11.3. The first-order valence-corrected chi connectivity index (χ1v) is 10.6. The number of fused-ring (bicyclic) bond motifs is 1. The first kappa shape index (κ1) is 23.7. The molecule has 1 atom stereocenters. The molecule has 0 saturated carbocycles. The number of hydrogen-bond acceptors (Lipinski definition) is 5. The van der Waals surface area contributed by atoms with Crippen LogP contribution in [0.2, 0.25) is 5.02 Å². The molecule has 2 heterocycles. The van der Waals surface area contributed by atoms with Crippen molar-refractivity contribution in [1.82, 2.24) is 4.90 Å². The topological polar surface area (TPSA) is 79.2 Å². The standard InChI is InChI=1S/C23H26ClNO5.ClH/c1-15-2-4-19(22(27)28)21(10-15)29-14-18(26)13-25-8-6-23(7-9-25)12-16-11-17(24)3-5-20(16)30-23;/h2-5,10-11,18,26H,6-9,12-14H2,1H3,(H,27,28);1H/t18-;/m1./s1. The third-order valence-electron chi connectivity index (χ3n) is 5.90. The van der Waals surface area contributed by atoms with Crippen LogP contribution in [-0.2, 0) is 6.42 Å². The lowest BCUT2D eigenvalue weighted by Crippen LogP contribution is -2.49. The number of carboxylic acid groups (broad SMARTS) is 1. The number of aromatic carboxylic acids is 1. The molecular formula is C23H27Cl2NO5. The number of ether oxygens (including phenoxy) is 2. The van der Waals surface area contributed by atoms with Crippen molar-refractivity contribution in [3.63, 3.8) is 0 Å². The Kier molecular flexibility index (Phi) is 7.37. The minimum Gasteiger partial charge on any atom is -0.490 e. The molecule has 2 aliphatic rings. The van der Waals surface area contributed by atoms with Gasteiger partial charge in [-0.2, -0.15) is 0 Å². The van der Waals surface area contributed by atoms with E-state index < -0.39 is 12.1 Å². The largest absolute Gasteiger partial charge is 0.490 e. The van der Waals surface area contributed by atoms with Crippen LogP contribution in [0.25, 0.3) is 0 Å². The Morgan fingerprint density at radius 1 is 1.26 bits per heavy atom. The first-order chi connectivity index (χ1) is 14.3. The van der Waals surface area contributed by atoms with Crippen LogP contribution in [0.1, 0.15) is 34.3 Å². The predicted octanol–water partition coefficient (Wildman–Crippen LogP) is 3.98. The highest BCUT2D eigenvalue weighted by Gasteiger charge is 2.42. The number of piperidine rings is 1. The zero-order valence-corrected chi connectivity index (χ0v) is 18.9. The van der Waals surface area contributed by atoms with E-state index in [-0.39, 0.29) is 35.9 Å². The van der Waals surface area contributed by atoms with Crippen molar-refractivity contribution in [2.24, 2.45) is 0 Å². The smallest absolute Gasteiger partial charge is 0.339 e. The molecule has 6 nitrogen and oxygen atoms in total. The van der Waals surface area contributed by atoms with E-state index in [0.717, 1.165) is 54.3 Å². The molecule has 1 spiro atoms. The number of aryl methyl sites for hydroxylation is 1. The van der Waals surface area contributed by atoms with E-state index in [9.17, 15) is 15.0 Å². The molecule has 4 rings (SSSR count). The van der Waals surface area contributed by atoms with Gasteiger partial charge in [0.2, 0.25) is 0 Å². The van der Waals surface area contributed by atoms with Gasteiger partial charge in [-0.15, -0.1) is 12.4 Å². The van der Waals surface area contributed by atoms with E-state index in [1.807, 2.05) is 25.1 Å². The Labute approximate surface area is 193 Å². The molecule has 0 unspecified atom stereocenters. The summed E-state index contributed by atoms with van der Waals surface area (Å²) in [7, 11) is 0. The molecule has 168 valence electrons. The van der Waals surface area contributed by atoms with Crippen LogP contribution in [0, 0.1) is 6.92 Å². The lowest BCUT2D eigenvalue weighted by molar-refractivity contribution is -0.00203. The summed E-state index contributed by atoms with van der Waals surface area (Å²) in [4.78, 5) is 13.5. The van der Waals surface area contributed by atoms with Crippen molar-refractivity contribution in [1.29, 1.82) is 0 Å². The number of likely N-dealkylation sites (tertiary alicyclic amines) is 1. The van der Waals surface area contributed by atoms with Crippen LogP contribution in [0.15, 0.2) is 36.4 Å². The number of aliphatic hydroxyl groups excluding tert-OH is 1. The highest BCUT2D eigenvalue weighted by molar-refractivity contribution is 6.30. The highest BCUT2D eigenvalue weighted by atomic mass is 35.5.